The van der Waals surface area contributed by atoms with Crippen LogP contribution in [0.25, 0.3) is 0 Å². The molecule has 8 heavy (non-hydrogen) atoms. The molecule has 0 aliphatic heterocycles. The van der Waals surface area contributed by atoms with Gasteiger partial charge in [-0.05, 0) is 12.2 Å². The van der Waals surface area contributed by atoms with E-state index in [-0.39, 0.29) is 0 Å². The lowest BCUT2D eigenvalue weighted by Gasteiger charge is -2.06. The van der Waals surface area contributed by atoms with Gasteiger partial charge in [0.05, 0.1) is 16.5 Å². The minimum absolute atomic E-state index is 0.402. The van der Waals surface area contributed by atoms with Gasteiger partial charge in [0.1, 0.15) is 0 Å². The summed E-state index contributed by atoms with van der Waals surface area (Å²) in [5.41, 5.74) is 0. The summed E-state index contributed by atoms with van der Waals surface area (Å²) in [5, 5.41) is 0.750. The van der Waals surface area contributed by atoms with Crippen molar-refractivity contribution in [3.63, 3.8) is 0 Å². The van der Waals surface area contributed by atoms with Gasteiger partial charge in [-0.15, -0.1) is 0 Å². The molecule has 1 nitrogen and oxygen atoms in total. The van der Waals surface area contributed by atoms with Crippen LogP contribution in [0.15, 0.2) is 0 Å². The SMILES string of the molecule is CC(C)C(=S)OC[SiH3]. The molecule has 0 atom stereocenters. The smallest absolute Gasteiger partial charge is 0.161 e. The van der Waals surface area contributed by atoms with Crippen molar-refractivity contribution in [1.82, 2.24) is 0 Å². The first kappa shape index (κ1) is 8.11. The topological polar surface area (TPSA) is 9.23 Å². The molecule has 0 unspecified atom stereocenters. The van der Waals surface area contributed by atoms with Crippen molar-refractivity contribution in [3.8, 4) is 0 Å². The lowest BCUT2D eigenvalue weighted by molar-refractivity contribution is 0.362. The summed E-state index contributed by atoms with van der Waals surface area (Å²) in [6.07, 6.45) is 0.830. The lowest BCUT2D eigenvalue weighted by atomic mass is 10.2. The monoisotopic (exact) mass is 148 g/mol. The highest BCUT2D eigenvalue weighted by atomic mass is 32.1. The fourth-order valence-electron chi connectivity index (χ4n) is 0.309. The zero-order valence-electron chi connectivity index (χ0n) is 5.60. The van der Waals surface area contributed by atoms with Crippen LogP contribution in [0.1, 0.15) is 13.8 Å². The Kier molecular flexibility index (Phi) is 4.09. The van der Waals surface area contributed by atoms with Crippen molar-refractivity contribution in [2.45, 2.75) is 13.8 Å². The number of rotatable bonds is 2. The Morgan fingerprint density at radius 1 is 1.75 bits per heavy atom. The molecule has 3 heteroatoms. The maximum Gasteiger partial charge on any atom is 0.161 e. The van der Waals surface area contributed by atoms with E-state index in [0.717, 1.165) is 21.5 Å². The molecule has 0 aliphatic carbocycles. The second-order valence-corrected chi connectivity index (χ2v) is 2.89. The highest BCUT2D eigenvalue weighted by molar-refractivity contribution is 7.80. The molecule has 0 aliphatic rings. The molecule has 0 aromatic heterocycles. The summed E-state index contributed by atoms with van der Waals surface area (Å²) in [6.45, 7) is 4.08. The second-order valence-electron chi connectivity index (χ2n) is 1.91. The van der Waals surface area contributed by atoms with E-state index in [4.69, 9.17) is 17.0 Å². The Morgan fingerprint density at radius 3 is 2.38 bits per heavy atom. The van der Waals surface area contributed by atoms with Crippen molar-refractivity contribution in [1.29, 1.82) is 0 Å². The van der Waals surface area contributed by atoms with Crippen LogP contribution < -0.4 is 0 Å². The van der Waals surface area contributed by atoms with E-state index >= 15 is 0 Å². The predicted molar refractivity (Wildman–Crippen MR) is 43.3 cm³/mol. The first-order chi connectivity index (χ1) is 3.68. The fraction of sp³-hybridized carbons (Fsp3) is 0.800. The summed E-state index contributed by atoms with van der Waals surface area (Å²) in [5.74, 6) is 0.402. The molecule has 48 valence electrons. The molecule has 0 fully saturated rings. The quantitative estimate of drug-likeness (QED) is 0.412. The van der Waals surface area contributed by atoms with Gasteiger partial charge >= 0.3 is 0 Å². The van der Waals surface area contributed by atoms with E-state index in [2.05, 4.69) is 0 Å². The Hall–Kier alpha value is 0.107. The summed E-state index contributed by atoms with van der Waals surface area (Å²) in [6, 6.07) is 0. The third kappa shape index (κ3) is 3.15. The molecule has 0 aromatic carbocycles. The zero-order valence-corrected chi connectivity index (χ0v) is 8.42. The lowest BCUT2D eigenvalue weighted by Crippen LogP contribution is -2.09. The van der Waals surface area contributed by atoms with Gasteiger partial charge in [-0.25, -0.2) is 0 Å². The molecule has 0 aromatic rings. The van der Waals surface area contributed by atoms with Gasteiger partial charge in [0, 0.05) is 5.92 Å². The Balaban J connectivity index is 3.33. The van der Waals surface area contributed by atoms with E-state index in [1.165, 1.54) is 0 Å². The van der Waals surface area contributed by atoms with Crippen LogP contribution in [0, 0.1) is 5.92 Å². The molecule has 0 bridgehead atoms. The Labute approximate surface area is 58.8 Å². The van der Waals surface area contributed by atoms with Gasteiger partial charge in [0.2, 0.25) is 0 Å². The Morgan fingerprint density at radius 2 is 2.25 bits per heavy atom. The molecular weight excluding hydrogens is 136 g/mol. The van der Waals surface area contributed by atoms with Crippen molar-refractivity contribution in [2.75, 3.05) is 6.23 Å². The normalized spacial score (nSPS) is 9.88. The minimum Gasteiger partial charge on any atom is -0.491 e. The first-order valence-electron chi connectivity index (χ1n) is 2.85. The van der Waals surface area contributed by atoms with Crippen LogP contribution in [-0.4, -0.2) is 21.5 Å². The number of hydrogen-bond acceptors (Lipinski definition) is 2. The highest BCUT2D eigenvalue weighted by Gasteiger charge is 1.99. The summed E-state index contributed by atoms with van der Waals surface area (Å²) >= 11 is 4.88. The molecule has 0 spiro atoms. The second kappa shape index (κ2) is 4.03. The van der Waals surface area contributed by atoms with Crippen LogP contribution >= 0.6 is 12.2 Å². The molecule has 0 heterocycles. The first-order valence-corrected chi connectivity index (χ1v) is 4.67. The third-order valence-corrected chi connectivity index (χ3v) is 1.64. The van der Waals surface area contributed by atoms with Crippen molar-refractivity contribution in [2.24, 2.45) is 5.92 Å². The third-order valence-electron chi connectivity index (χ3n) is 0.758. The standard InChI is InChI=1S/C5H12OSSi/c1-4(2)5(7)6-3-8/h4H,3H2,1-2,8H3. The Bertz CT molecular complexity index is 82.5. The zero-order chi connectivity index (χ0) is 6.57. The van der Waals surface area contributed by atoms with Crippen molar-refractivity contribution >= 4 is 27.5 Å². The average Bonchev–Trinajstić information content (AvgIpc) is 1.67. The van der Waals surface area contributed by atoms with E-state index < -0.39 is 0 Å². The predicted octanol–water partition coefficient (Wildman–Crippen LogP) is 0.309. The summed E-state index contributed by atoms with van der Waals surface area (Å²) < 4.78 is 5.10. The van der Waals surface area contributed by atoms with Crippen LogP contribution in [0.2, 0.25) is 0 Å². The fourth-order valence-corrected chi connectivity index (χ4v) is 0.947. The van der Waals surface area contributed by atoms with Gasteiger partial charge in [-0.2, -0.15) is 0 Å². The van der Waals surface area contributed by atoms with Gasteiger partial charge in [-0.3, -0.25) is 0 Å². The largest absolute Gasteiger partial charge is 0.491 e. The highest BCUT2D eigenvalue weighted by Crippen LogP contribution is 1.96. The number of ether oxygens (including phenoxy) is 1. The molecule has 0 N–H and O–H groups in total. The molecular formula is C5H12OSSi. The van der Waals surface area contributed by atoms with E-state index in [9.17, 15) is 0 Å². The molecule has 0 saturated carbocycles. The van der Waals surface area contributed by atoms with Gasteiger partial charge in [0.15, 0.2) is 5.05 Å². The minimum atomic E-state index is 0.402. The molecule has 0 rings (SSSR count). The van der Waals surface area contributed by atoms with Gasteiger partial charge in [-0.1, -0.05) is 13.8 Å². The van der Waals surface area contributed by atoms with Gasteiger partial charge < -0.3 is 4.74 Å². The van der Waals surface area contributed by atoms with Crippen LogP contribution in [0.4, 0.5) is 0 Å². The van der Waals surface area contributed by atoms with Crippen molar-refractivity contribution < 1.29 is 4.74 Å². The summed E-state index contributed by atoms with van der Waals surface area (Å²) in [4.78, 5) is 0. The molecule has 0 amide bonds. The van der Waals surface area contributed by atoms with E-state index in [0.29, 0.717) is 5.92 Å². The summed E-state index contributed by atoms with van der Waals surface area (Å²) in [7, 11) is 1.07. The maximum absolute atomic E-state index is 5.10. The van der Waals surface area contributed by atoms with Crippen LogP contribution in [0.5, 0.6) is 0 Å². The number of thiocarbonyl (C=S) groups is 1. The van der Waals surface area contributed by atoms with E-state index in [1.54, 1.807) is 0 Å². The van der Waals surface area contributed by atoms with E-state index in [1.807, 2.05) is 13.8 Å². The van der Waals surface area contributed by atoms with Gasteiger partial charge in [0.25, 0.3) is 0 Å². The molecule has 0 radical (unpaired) electrons. The molecule has 0 saturated heterocycles. The van der Waals surface area contributed by atoms with Crippen LogP contribution in [0.3, 0.4) is 0 Å². The maximum atomic E-state index is 5.10. The van der Waals surface area contributed by atoms with Crippen molar-refractivity contribution in [3.05, 3.63) is 0 Å². The number of hydrogen-bond donors (Lipinski definition) is 0. The van der Waals surface area contributed by atoms with Crippen LogP contribution in [-0.2, 0) is 4.74 Å². The average molecular weight is 148 g/mol.